The Kier molecular flexibility index (Phi) is 8.56. The number of hydrogen-bond donors (Lipinski definition) is 2. The fourth-order valence-electron chi connectivity index (χ4n) is 5.51. The van der Waals surface area contributed by atoms with Gasteiger partial charge in [-0.15, -0.1) is 9.46 Å². The number of aromatic amines is 2. The van der Waals surface area contributed by atoms with Gasteiger partial charge in [0.05, 0.1) is 66.6 Å². The number of nitrogens with zero attached hydrogens (tertiary/aromatic N) is 4. The smallest absolute Gasteiger partial charge is 0.378 e. The lowest BCUT2D eigenvalue weighted by Crippen LogP contribution is -2.42. The fraction of sp³-hybridized carbons (Fsp3) is 0.407. The number of alkyl halides is 6. The van der Waals surface area contributed by atoms with Crippen molar-refractivity contribution in [3.63, 3.8) is 0 Å². The molecule has 0 bridgehead atoms. The summed E-state index contributed by atoms with van der Waals surface area (Å²) in [4.78, 5) is 57.7. The van der Waals surface area contributed by atoms with E-state index in [1.807, 2.05) is 9.97 Å². The summed E-state index contributed by atoms with van der Waals surface area (Å²) in [6, 6.07) is 2.87. The molecule has 0 unspecified atom stereocenters. The monoisotopic (exact) mass is 722 g/mol. The number of halogens is 6. The molecular weight excluding hydrogens is 697 g/mol. The van der Waals surface area contributed by atoms with Gasteiger partial charge in [0, 0.05) is 26.2 Å². The zero-order valence-electron chi connectivity index (χ0n) is 25.1. The van der Waals surface area contributed by atoms with Crippen molar-refractivity contribution >= 4 is 41.0 Å². The van der Waals surface area contributed by atoms with Gasteiger partial charge in [0.15, 0.2) is 0 Å². The highest BCUT2D eigenvalue weighted by atomic mass is 31.2. The van der Waals surface area contributed by atoms with Gasteiger partial charge in [0.1, 0.15) is 11.0 Å². The minimum Gasteiger partial charge on any atom is -0.378 e. The van der Waals surface area contributed by atoms with Crippen LogP contribution in [0.1, 0.15) is 11.1 Å². The lowest BCUT2D eigenvalue weighted by atomic mass is 10.1. The van der Waals surface area contributed by atoms with Gasteiger partial charge in [-0.1, -0.05) is 0 Å². The summed E-state index contributed by atoms with van der Waals surface area (Å²) in [5.74, 6) is 0. The number of anilines is 2. The predicted molar refractivity (Wildman–Crippen MR) is 160 cm³/mol. The largest absolute Gasteiger partial charge is 0.464 e. The van der Waals surface area contributed by atoms with Gasteiger partial charge < -0.3 is 38.5 Å². The molecule has 22 heteroatoms. The molecule has 2 saturated heterocycles. The highest BCUT2D eigenvalue weighted by Crippen LogP contribution is 2.42. The summed E-state index contributed by atoms with van der Waals surface area (Å²) in [6.45, 7) is 1.14. The summed E-state index contributed by atoms with van der Waals surface area (Å²) in [7, 11) is -4.91. The molecule has 2 aromatic heterocycles. The molecule has 2 aromatic carbocycles. The molecule has 0 saturated carbocycles. The zero-order chi connectivity index (χ0) is 35.5. The van der Waals surface area contributed by atoms with Crippen molar-refractivity contribution in [1.29, 1.82) is 0 Å². The number of rotatable bonds is 6. The summed E-state index contributed by atoms with van der Waals surface area (Å²) >= 11 is 0. The van der Waals surface area contributed by atoms with Gasteiger partial charge in [-0.25, -0.2) is 4.57 Å². The van der Waals surface area contributed by atoms with Crippen molar-refractivity contribution in [2.45, 2.75) is 12.4 Å². The van der Waals surface area contributed by atoms with Gasteiger partial charge in [0.2, 0.25) is 0 Å². The molecule has 15 nitrogen and oxygen atoms in total. The summed E-state index contributed by atoms with van der Waals surface area (Å²) in [6.07, 6.45) is -9.84. The second-order valence-corrected chi connectivity index (χ2v) is 12.9. The van der Waals surface area contributed by atoms with Crippen molar-refractivity contribution in [2.75, 3.05) is 69.1 Å². The van der Waals surface area contributed by atoms with E-state index in [-0.39, 0.29) is 62.1 Å². The second-order valence-electron chi connectivity index (χ2n) is 11.0. The topological polar surface area (TPSA) is 170 Å². The third-order valence-electron chi connectivity index (χ3n) is 7.69. The van der Waals surface area contributed by atoms with Crippen LogP contribution in [-0.2, 0) is 26.4 Å². The molecule has 2 N–H and O–H groups in total. The van der Waals surface area contributed by atoms with Gasteiger partial charge in [-0.3, -0.25) is 19.2 Å². The van der Waals surface area contributed by atoms with Crippen molar-refractivity contribution in [1.82, 2.24) is 19.4 Å². The Morgan fingerprint density at radius 2 is 1.00 bits per heavy atom. The molecule has 2 fully saturated rings. The van der Waals surface area contributed by atoms with Gasteiger partial charge in [-0.05, 0) is 24.3 Å². The van der Waals surface area contributed by atoms with Crippen LogP contribution in [0.4, 0.5) is 37.7 Å². The van der Waals surface area contributed by atoms with Crippen molar-refractivity contribution < 1.29 is 49.6 Å². The van der Waals surface area contributed by atoms with Crippen LogP contribution in [0.15, 0.2) is 43.4 Å². The molecule has 6 rings (SSSR count). The third kappa shape index (κ3) is 6.64. The number of hydrogen-bond acceptors (Lipinski definition) is 11. The number of fused-ring (bicyclic) bond motifs is 2. The van der Waals surface area contributed by atoms with E-state index in [2.05, 4.69) is 0 Å². The van der Waals surface area contributed by atoms with Crippen LogP contribution in [-0.4, -0.2) is 78.7 Å². The second kappa shape index (κ2) is 12.3. The number of aromatic nitrogens is 4. The van der Waals surface area contributed by atoms with Crippen LogP contribution in [0.2, 0.25) is 0 Å². The normalized spacial score (nSPS) is 16.4. The van der Waals surface area contributed by atoms with Crippen LogP contribution in [0.5, 0.6) is 0 Å². The first kappa shape index (κ1) is 34.1. The first-order chi connectivity index (χ1) is 22.9. The lowest BCUT2D eigenvalue weighted by Gasteiger charge is -2.31. The van der Waals surface area contributed by atoms with E-state index in [0.717, 1.165) is 12.1 Å². The van der Waals surface area contributed by atoms with Crippen LogP contribution < -0.4 is 41.3 Å². The van der Waals surface area contributed by atoms with Crippen LogP contribution in [0.3, 0.4) is 0 Å². The lowest BCUT2D eigenvalue weighted by molar-refractivity contribution is -0.137. The molecule has 0 atom stereocenters. The SMILES string of the molecule is CP(=O)(On1c(=O)c(=O)[nH]c2cc(C(F)(F)F)c(N3CCOCC3)cc21)On1c(=O)c(=O)[nH]c2cc(C(F)(F)F)c(N3CCOCC3)cc21. The quantitative estimate of drug-likeness (QED) is 0.169. The minimum absolute atomic E-state index is 0.0272. The molecule has 264 valence electrons. The van der Waals surface area contributed by atoms with E-state index >= 15 is 0 Å². The van der Waals surface area contributed by atoms with Crippen LogP contribution in [0, 0.1) is 0 Å². The average molecular weight is 722 g/mol. The maximum Gasteiger partial charge on any atom is 0.464 e. The molecule has 0 spiro atoms. The van der Waals surface area contributed by atoms with E-state index in [1.165, 1.54) is 9.80 Å². The molecular formula is C27H25F6N6O9P. The van der Waals surface area contributed by atoms with Crippen molar-refractivity contribution in [3.05, 3.63) is 76.8 Å². The number of benzene rings is 2. The molecule has 2 aliphatic rings. The summed E-state index contributed by atoms with van der Waals surface area (Å²) in [5, 5.41) is 0. The average Bonchev–Trinajstić information content (AvgIpc) is 3.04. The van der Waals surface area contributed by atoms with E-state index in [0.29, 0.717) is 18.8 Å². The van der Waals surface area contributed by atoms with Crippen LogP contribution in [0.25, 0.3) is 22.1 Å². The number of nitrogens with one attached hydrogen (secondary N) is 2. The number of ether oxygens (including phenoxy) is 2. The molecule has 2 aliphatic heterocycles. The molecule has 49 heavy (non-hydrogen) atoms. The van der Waals surface area contributed by atoms with E-state index < -0.39 is 86.8 Å². The van der Waals surface area contributed by atoms with Gasteiger partial charge >= 0.3 is 42.2 Å². The Hall–Kier alpha value is -4.75. The first-order valence-electron chi connectivity index (χ1n) is 14.4. The molecule has 0 radical (unpaired) electrons. The van der Waals surface area contributed by atoms with Crippen molar-refractivity contribution in [3.8, 4) is 0 Å². The maximum absolute atomic E-state index is 14.1. The van der Waals surface area contributed by atoms with Gasteiger partial charge in [-0.2, -0.15) is 26.3 Å². The number of morpholine rings is 2. The Balaban J connectivity index is 1.49. The molecule has 0 amide bonds. The molecule has 4 aromatic rings. The molecule has 0 aliphatic carbocycles. The Morgan fingerprint density at radius 3 is 1.33 bits per heavy atom. The Labute approximate surface area is 268 Å². The highest BCUT2D eigenvalue weighted by Gasteiger charge is 2.38. The highest BCUT2D eigenvalue weighted by molar-refractivity contribution is 7.53. The molecule has 4 heterocycles. The van der Waals surface area contributed by atoms with E-state index in [4.69, 9.17) is 18.7 Å². The predicted octanol–water partition coefficient (Wildman–Crippen LogP) is 1.78. The third-order valence-corrected chi connectivity index (χ3v) is 8.61. The maximum atomic E-state index is 14.1. The fourth-order valence-corrected chi connectivity index (χ4v) is 6.45. The van der Waals surface area contributed by atoms with E-state index in [1.54, 1.807) is 0 Å². The van der Waals surface area contributed by atoms with Gasteiger partial charge in [0.25, 0.3) is 0 Å². The zero-order valence-corrected chi connectivity index (χ0v) is 26.0. The van der Waals surface area contributed by atoms with E-state index in [9.17, 15) is 50.1 Å². The van der Waals surface area contributed by atoms with Crippen LogP contribution >= 0.6 is 7.60 Å². The van der Waals surface area contributed by atoms with Crippen molar-refractivity contribution in [2.24, 2.45) is 0 Å². The Bertz CT molecular complexity index is 2080. The standard InChI is InChI=1S/C27H25F6N6O9P/c1-49(44,47-38-20-12-18(36-2-6-45-7-3-36)14(26(28,29)30)10-16(20)34-22(40)24(38)42)48-39-21-13-19(37-4-8-46-9-5-37)15(27(31,32)33)11-17(21)35-23(41)25(39)43/h10-13H,2-9H2,1H3,(H,34,40)(H,35,41). The minimum atomic E-state index is -4.92. The summed E-state index contributed by atoms with van der Waals surface area (Å²) in [5.41, 5.74) is -11.3. The number of H-pyrrole nitrogens is 2. The summed E-state index contributed by atoms with van der Waals surface area (Å²) < 4.78 is 120. The first-order valence-corrected chi connectivity index (χ1v) is 16.4. The Morgan fingerprint density at radius 1 is 0.653 bits per heavy atom.